The Morgan fingerprint density at radius 3 is 2.67 bits per heavy atom. The minimum absolute atomic E-state index is 0.0180. The third-order valence-corrected chi connectivity index (χ3v) is 1.63. The van der Waals surface area contributed by atoms with Crippen LogP contribution in [0.5, 0.6) is 0 Å². The van der Waals surface area contributed by atoms with Gasteiger partial charge in [-0.1, -0.05) is 18.2 Å². The summed E-state index contributed by atoms with van der Waals surface area (Å²) in [5.41, 5.74) is 0.00349. The zero-order valence-electron chi connectivity index (χ0n) is 6.10. The molecule has 0 spiro atoms. The summed E-state index contributed by atoms with van der Waals surface area (Å²) in [4.78, 5) is 3.59. The Bertz CT molecular complexity index is 299. The van der Waals surface area contributed by atoms with Gasteiger partial charge in [0.05, 0.1) is 10.7 Å². The number of hydrogen-bond acceptors (Lipinski definition) is 1. The Labute approximate surface area is 73.7 Å². The van der Waals surface area contributed by atoms with Crippen molar-refractivity contribution in [1.82, 2.24) is 4.98 Å². The van der Waals surface area contributed by atoms with Gasteiger partial charge in [-0.15, -0.1) is 0 Å². The lowest BCUT2D eigenvalue weighted by Gasteiger charge is -2.02. The van der Waals surface area contributed by atoms with E-state index in [4.69, 9.17) is 11.6 Å². The van der Waals surface area contributed by atoms with Crippen molar-refractivity contribution in [2.75, 3.05) is 0 Å². The van der Waals surface area contributed by atoms with Gasteiger partial charge in [-0.05, 0) is 18.2 Å². The van der Waals surface area contributed by atoms with Crippen molar-refractivity contribution in [2.24, 2.45) is 0 Å². The van der Waals surface area contributed by atoms with Crippen LogP contribution in [0.15, 0.2) is 18.7 Å². The molecule has 0 amide bonds. The first-order valence-corrected chi connectivity index (χ1v) is 3.60. The molecule has 0 N–H and O–H groups in total. The lowest BCUT2D eigenvalue weighted by molar-refractivity contribution is 0.146. The summed E-state index contributed by atoms with van der Waals surface area (Å²) in [6.45, 7) is 3.41. The van der Waals surface area contributed by atoms with Gasteiger partial charge in [0.15, 0.2) is 0 Å². The summed E-state index contributed by atoms with van der Waals surface area (Å²) in [5.74, 6) is 0. The van der Waals surface area contributed by atoms with Crippen molar-refractivity contribution in [1.29, 1.82) is 0 Å². The van der Waals surface area contributed by atoms with Crippen LogP contribution in [0.1, 0.15) is 17.8 Å². The van der Waals surface area contributed by atoms with E-state index in [2.05, 4.69) is 11.6 Å². The molecule has 0 fully saturated rings. The molecule has 0 bridgehead atoms. The third kappa shape index (κ3) is 1.80. The monoisotopic (exact) mass is 189 g/mol. The van der Waals surface area contributed by atoms with Crippen molar-refractivity contribution in [3.05, 3.63) is 35.1 Å². The Morgan fingerprint density at radius 2 is 2.17 bits per heavy atom. The van der Waals surface area contributed by atoms with Crippen molar-refractivity contribution in [2.45, 2.75) is 6.43 Å². The van der Waals surface area contributed by atoms with Gasteiger partial charge in [-0.2, -0.15) is 0 Å². The number of halogens is 3. The average Bonchev–Trinajstić information content (AvgIpc) is 2.05. The van der Waals surface area contributed by atoms with E-state index >= 15 is 0 Å². The zero-order valence-corrected chi connectivity index (χ0v) is 6.85. The fourth-order valence-corrected chi connectivity index (χ4v) is 0.928. The number of aromatic nitrogens is 1. The first-order valence-electron chi connectivity index (χ1n) is 3.22. The maximum absolute atomic E-state index is 12.2. The van der Waals surface area contributed by atoms with Crippen LogP contribution in [0.4, 0.5) is 8.78 Å². The molecule has 0 unspecified atom stereocenters. The highest BCUT2D eigenvalue weighted by Gasteiger charge is 2.13. The Balaban J connectivity index is 3.16. The molecule has 0 radical (unpaired) electrons. The van der Waals surface area contributed by atoms with Gasteiger partial charge in [0.25, 0.3) is 6.43 Å². The van der Waals surface area contributed by atoms with E-state index in [-0.39, 0.29) is 5.02 Å². The van der Waals surface area contributed by atoms with Crippen LogP contribution in [-0.2, 0) is 0 Å². The maximum Gasteiger partial charge on any atom is 0.281 e. The van der Waals surface area contributed by atoms with Crippen LogP contribution < -0.4 is 0 Å². The van der Waals surface area contributed by atoms with Gasteiger partial charge in [-0.3, -0.25) is 0 Å². The molecule has 64 valence electrons. The molecule has 0 aliphatic heterocycles. The molecule has 4 heteroatoms. The Hall–Kier alpha value is -0.960. The van der Waals surface area contributed by atoms with E-state index in [0.29, 0.717) is 5.69 Å². The number of alkyl halides is 2. The third-order valence-electron chi connectivity index (χ3n) is 1.31. The Kier molecular flexibility index (Phi) is 2.76. The molecule has 1 aromatic rings. The average molecular weight is 190 g/mol. The summed E-state index contributed by atoms with van der Waals surface area (Å²) in [5, 5.41) is -0.0180. The molecule has 1 nitrogen and oxygen atoms in total. The largest absolute Gasteiger partial charge is 0.281 e. The molecule has 0 aliphatic rings. The number of hydrogen-bond donors (Lipinski definition) is 0. The first-order chi connectivity index (χ1) is 5.65. The van der Waals surface area contributed by atoms with Crippen LogP contribution >= 0.6 is 11.6 Å². The van der Waals surface area contributed by atoms with E-state index in [1.54, 1.807) is 0 Å². The second kappa shape index (κ2) is 3.63. The van der Waals surface area contributed by atoms with Crippen molar-refractivity contribution in [3.8, 4) is 0 Å². The topological polar surface area (TPSA) is 12.9 Å². The molecule has 12 heavy (non-hydrogen) atoms. The minimum Gasteiger partial charge on any atom is -0.246 e. The molecule has 0 aromatic carbocycles. The summed E-state index contributed by atoms with van der Waals surface area (Å²) < 4.78 is 24.3. The van der Waals surface area contributed by atoms with E-state index in [1.165, 1.54) is 18.2 Å². The van der Waals surface area contributed by atoms with Gasteiger partial charge in [0.2, 0.25) is 0 Å². The molecule has 0 saturated heterocycles. The van der Waals surface area contributed by atoms with E-state index in [1.807, 2.05) is 0 Å². The molecule has 1 rings (SSSR count). The fraction of sp³-hybridized carbons (Fsp3) is 0.125. The van der Waals surface area contributed by atoms with Crippen LogP contribution in [-0.4, -0.2) is 4.98 Å². The molecular formula is C8H6ClF2N. The molecular weight excluding hydrogens is 184 g/mol. The van der Waals surface area contributed by atoms with Gasteiger partial charge in [-0.25, -0.2) is 13.8 Å². The minimum atomic E-state index is -2.64. The van der Waals surface area contributed by atoms with Crippen molar-refractivity contribution >= 4 is 17.7 Å². The predicted octanol–water partition coefficient (Wildman–Crippen LogP) is 3.32. The molecule has 1 aromatic heterocycles. The van der Waals surface area contributed by atoms with Crippen LogP contribution in [0.2, 0.25) is 5.02 Å². The molecule has 1 heterocycles. The first kappa shape index (κ1) is 9.13. The smallest absolute Gasteiger partial charge is 0.246 e. The van der Waals surface area contributed by atoms with E-state index in [9.17, 15) is 8.78 Å². The highest BCUT2D eigenvalue weighted by Crippen LogP contribution is 2.24. The van der Waals surface area contributed by atoms with E-state index in [0.717, 1.165) is 0 Å². The van der Waals surface area contributed by atoms with Crippen molar-refractivity contribution < 1.29 is 8.78 Å². The number of rotatable bonds is 2. The fourth-order valence-electron chi connectivity index (χ4n) is 0.740. The van der Waals surface area contributed by atoms with Crippen molar-refractivity contribution in [3.63, 3.8) is 0 Å². The van der Waals surface area contributed by atoms with E-state index < -0.39 is 12.1 Å². The van der Waals surface area contributed by atoms with Crippen LogP contribution in [0, 0.1) is 0 Å². The molecule has 0 atom stereocenters. The van der Waals surface area contributed by atoms with Gasteiger partial charge in [0, 0.05) is 0 Å². The number of pyridine rings is 1. The van der Waals surface area contributed by atoms with Crippen LogP contribution in [0.25, 0.3) is 6.08 Å². The Morgan fingerprint density at radius 1 is 1.50 bits per heavy atom. The molecule has 0 aliphatic carbocycles. The zero-order chi connectivity index (χ0) is 9.14. The lowest BCUT2D eigenvalue weighted by Crippen LogP contribution is -1.93. The molecule has 0 saturated carbocycles. The normalized spacial score (nSPS) is 10.3. The highest BCUT2D eigenvalue weighted by atomic mass is 35.5. The van der Waals surface area contributed by atoms with Crippen LogP contribution in [0.3, 0.4) is 0 Å². The highest BCUT2D eigenvalue weighted by molar-refractivity contribution is 6.31. The quantitative estimate of drug-likeness (QED) is 0.696. The predicted molar refractivity (Wildman–Crippen MR) is 44.3 cm³/mol. The summed E-state index contributed by atoms with van der Waals surface area (Å²) >= 11 is 5.47. The number of nitrogens with zero attached hydrogens (tertiary/aromatic N) is 1. The van der Waals surface area contributed by atoms with Gasteiger partial charge in [0.1, 0.15) is 5.69 Å². The van der Waals surface area contributed by atoms with Gasteiger partial charge < -0.3 is 0 Å². The summed E-state index contributed by atoms with van der Waals surface area (Å²) in [7, 11) is 0. The maximum atomic E-state index is 12.2. The summed E-state index contributed by atoms with van der Waals surface area (Å²) in [6, 6.07) is 2.91. The van der Waals surface area contributed by atoms with Gasteiger partial charge >= 0.3 is 0 Å². The summed E-state index contributed by atoms with van der Waals surface area (Å²) in [6.07, 6.45) is -1.25. The SMILES string of the molecule is C=Cc1ccc(Cl)c(C(F)F)n1. The standard InChI is InChI=1S/C8H6ClF2N/c1-2-5-3-4-6(9)7(12-5)8(10)11/h2-4,8H,1H2. The lowest BCUT2D eigenvalue weighted by atomic mass is 10.3. The second-order valence-electron chi connectivity index (χ2n) is 2.11. The second-order valence-corrected chi connectivity index (χ2v) is 2.52.